The average Bonchev–Trinajstić information content (AvgIpc) is 2.15. The third-order valence-corrected chi connectivity index (χ3v) is 3.42. The van der Waals surface area contributed by atoms with Gasteiger partial charge >= 0.3 is 0 Å². The second kappa shape index (κ2) is 2.63. The normalized spacial score (nSPS) is 13.4. The number of hydrogen-bond donors (Lipinski definition) is 0. The lowest BCUT2D eigenvalue weighted by Crippen LogP contribution is -2.10. The van der Waals surface area contributed by atoms with E-state index < -0.39 is 0 Å². The highest BCUT2D eigenvalue weighted by atomic mass is 32.1. The van der Waals surface area contributed by atoms with Crippen LogP contribution < -0.4 is 0 Å². The fourth-order valence-electron chi connectivity index (χ4n) is 1.17. The van der Waals surface area contributed by atoms with E-state index in [1.54, 1.807) is 11.3 Å². The topological polar surface area (TPSA) is 0 Å². The summed E-state index contributed by atoms with van der Waals surface area (Å²) in [5.74, 6) is 0. The van der Waals surface area contributed by atoms with Crippen LogP contribution in [0.5, 0.6) is 0 Å². The monoisotopic (exact) mass is 169 g/mol. The van der Waals surface area contributed by atoms with E-state index >= 15 is 0 Å². The Kier molecular flexibility index (Phi) is 1.76. The van der Waals surface area contributed by atoms with Crippen molar-refractivity contribution in [1.82, 2.24) is 0 Å². The van der Waals surface area contributed by atoms with Crippen LogP contribution >= 0.6 is 11.3 Å². The Morgan fingerprint density at radius 3 is 2.09 bits per heavy atom. The molecule has 1 heteroatoms. The minimum atomic E-state index is 0.193. The molecule has 0 saturated heterocycles. The van der Waals surface area contributed by atoms with Gasteiger partial charge in [0.1, 0.15) is 0 Å². The molecule has 0 aliphatic rings. The Bertz CT molecular complexity index is 292. The average molecular weight is 169 g/mol. The minimum Gasteiger partial charge on any atom is -0.148 e. The lowest BCUT2D eigenvalue weighted by atomic mass is 9.91. The molecule has 1 rings (SSSR count). The molecule has 0 N–H and O–H groups in total. The zero-order chi connectivity index (χ0) is 9.52. The first-order chi connectivity index (χ1) is 5.34. The van der Waals surface area contributed by atoms with Gasteiger partial charge in [-0.1, -0.05) is 20.8 Å². The highest BCUT2D eigenvalue weighted by Gasteiger charge is 2.18. The molecular weight excluding hydrogens is 152 g/mol. The summed E-state index contributed by atoms with van der Waals surface area (Å²) in [6.45, 7) is 10.7. The van der Waals surface area contributed by atoms with Gasteiger partial charge in [-0.05, 0) is 35.7 Å². The van der Waals surface area contributed by atoms with Crippen LogP contribution in [0.2, 0.25) is 0 Å². The number of hydrogen-bond acceptors (Lipinski definition) is 1. The molecule has 0 bridgehead atoms. The lowest BCUT2D eigenvalue weighted by molar-refractivity contribution is 0.600. The summed E-state index contributed by atoms with van der Waals surface area (Å²) < 4.78 is 7.68. The van der Waals surface area contributed by atoms with Gasteiger partial charge < -0.3 is 0 Å². The summed E-state index contributed by atoms with van der Waals surface area (Å²) in [6.07, 6.45) is 0. The zero-order valence-corrected chi connectivity index (χ0v) is 8.72. The van der Waals surface area contributed by atoms with Gasteiger partial charge in [0.2, 0.25) is 0 Å². The first kappa shape index (κ1) is 7.35. The Hall–Kier alpha value is -0.300. The van der Waals surface area contributed by atoms with Crippen LogP contribution in [-0.4, -0.2) is 0 Å². The van der Waals surface area contributed by atoms with E-state index in [0.29, 0.717) is 0 Å². The molecule has 0 fully saturated rings. The standard InChI is InChI=1S/C10H16S/c1-7-6-11-9(8(7)2)10(3,4)5/h6H,1-5H3/i6D. The van der Waals surface area contributed by atoms with E-state index in [0.717, 1.165) is 10.9 Å². The van der Waals surface area contributed by atoms with Crippen molar-refractivity contribution in [3.05, 3.63) is 21.4 Å². The minimum absolute atomic E-state index is 0.193. The van der Waals surface area contributed by atoms with Crippen molar-refractivity contribution in [3.8, 4) is 0 Å². The largest absolute Gasteiger partial charge is 0.148 e. The van der Waals surface area contributed by atoms with Crippen LogP contribution in [0.4, 0.5) is 0 Å². The van der Waals surface area contributed by atoms with Gasteiger partial charge in [0.05, 0.1) is 1.37 Å². The van der Waals surface area contributed by atoms with Crippen molar-refractivity contribution in [1.29, 1.82) is 0 Å². The van der Waals surface area contributed by atoms with Crippen LogP contribution in [-0.2, 0) is 5.41 Å². The third kappa shape index (κ3) is 1.64. The molecule has 0 aliphatic heterocycles. The maximum Gasteiger partial charge on any atom is 0.0742 e. The summed E-state index contributed by atoms with van der Waals surface area (Å²) in [4.78, 5) is 1.35. The van der Waals surface area contributed by atoms with Gasteiger partial charge in [0.25, 0.3) is 0 Å². The molecule has 0 nitrogen and oxygen atoms in total. The Labute approximate surface area is 74.7 Å². The smallest absolute Gasteiger partial charge is 0.0742 e. The molecule has 0 atom stereocenters. The Morgan fingerprint density at radius 2 is 1.91 bits per heavy atom. The first-order valence-electron chi connectivity index (χ1n) is 4.41. The highest BCUT2D eigenvalue weighted by Crippen LogP contribution is 2.32. The van der Waals surface area contributed by atoms with Crippen molar-refractivity contribution in [2.75, 3.05) is 0 Å². The van der Waals surface area contributed by atoms with Gasteiger partial charge in [0.15, 0.2) is 0 Å². The van der Waals surface area contributed by atoms with Gasteiger partial charge in [-0.3, -0.25) is 0 Å². The van der Waals surface area contributed by atoms with Crippen LogP contribution in [0.25, 0.3) is 0 Å². The Morgan fingerprint density at radius 1 is 1.36 bits per heavy atom. The maximum atomic E-state index is 7.68. The number of rotatable bonds is 0. The summed E-state index contributed by atoms with van der Waals surface area (Å²) in [5.41, 5.74) is 2.64. The molecule has 62 valence electrons. The zero-order valence-electron chi connectivity index (χ0n) is 8.91. The molecule has 1 aromatic heterocycles. The van der Waals surface area contributed by atoms with Crippen molar-refractivity contribution in [2.45, 2.75) is 40.0 Å². The predicted molar refractivity (Wildman–Crippen MR) is 52.5 cm³/mol. The highest BCUT2D eigenvalue weighted by molar-refractivity contribution is 7.10. The fourth-order valence-corrected chi connectivity index (χ4v) is 2.19. The second-order valence-electron chi connectivity index (χ2n) is 4.03. The second-order valence-corrected chi connectivity index (χ2v) is 4.85. The quantitative estimate of drug-likeness (QED) is 0.556. The molecule has 0 spiro atoms. The summed E-state index contributed by atoms with van der Waals surface area (Å²) in [5, 5.41) is 0.720. The van der Waals surface area contributed by atoms with Crippen molar-refractivity contribution in [2.24, 2.45) is 0 Å². The molecule has 0 unspecified atom stereocenters. The molecule has 0 amide bonds. The molecule has 0 radical (unpaired) electrons. The van der Waals surface area contributed by atoms with Crippen molar-refractivity contribution < 1.29 is 1.37 Å². The van der Waals surface area contributed by atoms with Gasteiger partial charge in [0, 0.05) is 4.88 Å². The van der Waals surface area contributed by atoms with Gasteiger partial charge in [-0.25, -0.2) is 0 Å². The van der Waals surface area contributed by atoms with Crippen LogP contribution in [0.15, 0.2) is 5.36 Å². The fraction of sp³-hybridized carbons (Fsp3) is 0.600. The molecule has 1 heterocycles. The molecule has 1 aromatic rings. The van der Waals surface area contributed by atoms with Crippen LogP contribution in [0, 0.1) is 13.8 Å². The van der Waals surface area contributed by atoms with E-state index in [2.05, 4.69) is 27.7 Å². The SMILES string of the molecule is [2H]c1sc(C(C)(C)C)c(C)c1C. The van der Waals surface area contributed by atoms with Gasteiger partial charge in [-0.2, -0.15) is 0 Å². The van der Waals surface area contributed by atoms with Crippen molar-refractivity contribution >= 4 is 11.3 Å². The first-order valence-corrected chi connectivity index (χ1v) is 4.72. The van der Waals surface area contributed by atoms with Crippen LogP contribution in [0.1, 0.15) is 38.1 Å². The van der Waals surface area contributed by atoms with E-state index in [1.165, 1.54) is 10.4 Å². The van der Waals surface area contributed by atoms with Crippen LogP contribution in [0.3, 0.4) is 0 Å². The third-order valence-electron chi connectivity index (χ3n) is 1.89. The summed E-state index contributed by atoms with van der Waals surface area (Å²) >= 11 is 1.61. The molecule has 0 saturated carbocycles. The predicted octanol–water partition coefficient (Wildman–Crippen LogP) is 3.66. The van der Waals surface area contributed by atoms with E-state index in [4.69, 9.17) is 1.37 Å². The molecule has 0 aromatic carbocycles. The van der Waals surface area contributed by atoms with E-state index in [1.807, 2.05) is 6.92 Å². The number of thiophene rings is 1. The Balaban J connectivity index is 3.28. The van der Waals surface area contributed by atoms with Gasteiger partial charge in [-0.15, -0.1) is 11.3 Å². The molecule has 11 heavy (non-hydrogen) atoms. The van der Waals surface area contributed by atoms with Crippen molar-refractivity contribution in [3.63, 3.8) is 0 Å². The summed E-state index contributed by atoms with van der Waals surface area (Å²) in [7, 11) is 0. The van der Waals surface area contributed by atoms with E-state index in [-0.39, 0.29) is 5.41 Å². The lowest BCUT2D eigenvalue weighted by Gasteiger charge is -2.17. The maximum absolute atomic E-state index is 7.68. The molecular formula is C10H16S. The molecule has 0 aliphatic carbocycles. The van der Waals surface area contributed by atoms with E-state index in [9.17, 15) is 0 Å². The summed E-state index contributed by atoms with van der Waals surface area (Å²) in [6, 6.07) is 0.